The number of carbonyl (C=O) groups excluding carboxylic acids is 2. The maximum absolute atomic E-state index is 11.1. The Kier molecular flexibility index (Phi) is 11.4. The molecule has 0 radical (unpaired) electrons. The van der Waals surface area contributed by atoms with Crippen molar-refractivity contribution in [3.63, 3.8) is 0 Å². The Bertz CT molecular complexity index is 202. The molecule has 0 saturated heterocycles. The molecule has 0 aliphatic heterocycles. The van der Waals surface area contributed by atoms with Crippen molar-refractivity contribution in [2.75, 3.05) is 0 Å². The normalized spacial score (nSPS) is 10.5. The smallest absolute Gasteiger partial charge is 0.543 e. The van der Waals surface area contributed by atoms with Gasteiger partial charge in [-0.15, -0.1) is 0 Å². The van der Waals surface area contributed by atoms with Crippen molar-refractivity contribution in [1.82, 2.24) is 0 Å². The van der Waals surface area contributed by atoms with Gasteiger partial charge in [-0.2, -0.15) is 17.6 Å². The maximum Gasteiger partial charge on any atom is 2.00 e. The van der Waals surface area contributed by atoms with Crippen LogP contribution in [0.25, 0.3) is 0 Å². The second-order valence-electron chi connectivity index (χ2n) is 1.57. The van der Waals surface area contributed by atoms with Crippen LogP contribution in [0.5, 0.6) is 0 Å². The number of aliphatic carboxylic acids is 2. The number of carbonyl (C=O) groups is 2. The molecule has 0 aliphatic carbocycles. The van der Waals surface area contributed by atoms with Gasteiger partial charge >= 0.3 is 47.4 Å². The number of hydrogen-bond donors (Lipinski definition) is 0. The summed E-state index contributed by atoms with van der Waals surface area (Å²) in [6.45, 7) is 0. The number of carboxylic acids is 2. The van der Waals surface area contributed by atoms with Gasteiger partial charge in [0.1, 0.15) is 11.9 Å². The van der Waals surface area contributed by atoms with Gasteiger partial charge in [0.2, 0.25) is 0 Å². The molecule has 0 N–H and O–H groups in total. The van der Waals surface area contributed by atoms with Crippen LogP contribution in [0.2, 0.25) is 0 Å². The first-order valence-corrected chi connectivity index (χ1v) is 4.04. The van der Waals surface area contributed by atoms with Gasteiger partial charge in [0.25, 0.3) is 0 Å². The van der Waals surface area contributed by atoms with Gasteiger partial charge in [0.15, 0.2) is 0 Å². The summed E-state index contributed by atoms with van der Waals surface area (Å²) < 4.78 is 44.4. The van der Waals surface area contributed by atoms with E-state index in [2.05, 4.69) is 0 Å². The molecule has 4 nitrogen and oxygen atoms in total. The van der Waals surface area contributed by atoms with Gasteiger partial charge in [-0.25, -0.2) is 0 Å². The number of carboxylic acid groups (broad SMARTS) is 2. The van der Waals surface area contributed by atoms with Crippen LogP contribution in [0, 0.1) is 0 Å². The molecular formula is C4Br2CaF4O4. The molecule has 0 aliphatic rings. The minimum atomic E-state index is -3.88. The van der Waals surface area contributed by atoms with Crippen molar-refractivity contribution >= 4 is 81.5 Å². The molecule has 0 saturated carbocycles. The van der Waals surface area contributed by atoms with Gasteiger partial charge in [0, 0.05) is 0 Å². The molecule has 11 heteroatoms. The molecule has 0 rings (SSSR count). The van der Waals surface area contributed by atoms with Gasteiger partial charge in [-0.3, -0.25) is 0 Å². The van der Waals surface area contributed by atoms with Gasteiger partial charge < -0.3 is 19.8 Å². The van der Waals surface area contributed by atoms with Crippen molar-refractivity contribution in [2.24, 2.45) is 0 Å². The Balaban J connectivity index is -0.000000180. The number of rotatable bonds is 2. The SMILES string of the molecule is O=C([O-])C(F)(F)Br.O=C([O-])C(F)(F)Br.[Ca+2]. The van der Waals surface area contributed by atoms with E-state index in [1.54, 1.807) is 31.9 Å². The number of halogens is 6. The van der Waals surface area contributed by atoms with E-state index in [0.717, 1.165) is 0 Å². The summed E-state index contributed by atoms with van der Waals surface area (Å²) in [5, 5.41) is 18.2. The monoisotopic (exact) mass is 386 g/mol. The second kappa shape index (κ2) is 8.04. The third-order valence-corrected chi connectivity index (χ3v) is 1.11. The maximum atomic E-state index is 11.1. The number of alkyl halides is 6. The molecule has 0 spiro atoms. The molecule has 0 unspecified atom stereocenters. The first-order chi connectivity index (χ1) is 5.89. The van der Waals surface area contributed by atoms with Crippen molar-refractivity contribution in [3.8, 4) is 0 Å². The van der Waals surface area contributed by atoms with Crippen LogP contribution in [0.3, 0.4) is 0 Å². The topological polar surface area (TPSA) is 80.3 Å². The van der Waals surface area contributed by atoms with Crippen LogP contribution in [0.4, 0.5) is 17.6 Å². The summed E-state index contributed by atoms with van der Waals surface area (Å²) in [6, 6.07) is 0. The van der Waals surface area contributed by atoms with E-state index >= 15 is 0 Å². The molecular weight excluding hydrogens is 388 g/mol. The standard InChI is InChI=1S/2C2HBrF2O2.Ca/c2*3-2(4,5)1(6)7;/h2*(H,6,7);/q;;+2/p-2. The van der Waals surface area contributed by atoms with E-state index in [-0.39, 0.29) is 37.7 Å². The zero-order valence-corrected chi connectivity index (χ0v) is 12.0. The molecule has 15 heavy (non-hydrogen) atoms. The molecule has 0 amide bonds. The van der Waals surface area contributed by atoms with E-state index in [4.69, 9.17) is 19.8 Å². The average Bonchev–Trinajstić information content (AvgIpc) is 1.83. The third-order valence-electron chi connectivity index (χ3n) is 0.463. The van der Waals surface area contributed by atoms with Crippen molar-refractivity contribution in [1.29, 1.82) is 0 Å². The Morgan fingerprint density at radius 1 is 0.867 bits per heavy atom. The van der Waals surface area contributed by atoms with Crippen LogP contribution in [0.15, 0.2) is 0 Å². The molecule has 0 aromatic rings. The molecule has 0 atom stereocenters. The fourth-order valence-corrected chi connectivity index (χ4v) is 0. The van der Waals surface area contributed by atoms with Crippen molar-refractivity contribution in [3.05, 3.63) is 0 Å². The van der Waals surface area contributed by atoms with Crippen LogP contribution >= 0.6 is 31.9 Å². The Morgan fingerprint density at radius 3 is 0.933 bits per heavy atom. The summed E-state index contributed by atoms with van der Waals surface area (Å²) in [4.78, 5) is 10.5. The molecule has 0 bridgehead atoms. The number of hydrogen-bond acceptors (Lipinski definition) is 4. The van der Waals surface area contributed by atoms with E-state index in [1.165, 1.54) is 0 Å². The predicted molar refractivity (Wildman–Crippen MR) is 43.5 cm³/mol. The molecule has 0 heterocycles. The van der Waals surface area contributed by atoms with E-state index in [9.17, 15) is 17.6 Å². The van der Waals surface area contributed by atoms with Gasteiger partial charge in [-0.05, 0) is 31.9 Å². The zero-order chi connectivity index (χ0) is 12.2. The summed E-state index contributed by atoms with van der Waals surface area (Å²) in [5.41, 5.74) is 0. The Labute approximate surface area is 127 Å². The summed E-state index contributed by atoms with van der Waals surface area (Å²) in [7, 11) is 0. The molecule has 0 aromatic carbocycles. The average molecular weight is 388 g/mol. The fourth-order valence-electron chi connectivity index (χ4n) is 0. The first kappa shape index (κ1) is 21.2. The molecule has 0 fully saturated rings. The third kappa shape index (κ3) is 14.9. The fraction of sp³-hybridized carbons (Fsp3) is 0.500. The first-order valence-electron chi connectivity index (χ1n) is 2.45. The molecule has 84 valence electrons. The summed E-state index contributed by atoms with van der Waals surface area (Å²) in [6.07, 6.45) is 0. The van der Waals surface area contributed by atoms with Crippen LogP contribution < -0.4 is 10.2 Å². The molecule has 0 aromatic heterocycles. The van der Waals surface area contributed by atoms with E-state index in [1.807, 2.05) is 0 Å². The predicted octanol–water partition coefficient (Wildman–Crippen LogP) is -0.933. The Hall–Kier alpha value is 0.880. The van der Waals surface area contributed by atoms with Crippen LogP contribution in [-0.2, 0) is 9.59 Å². The quantitative estimate of drug-likeness (QED) is 0.348. The summed E-state index contributed by atoms with van der Waals surface area (Å²) >= 11 is 3.09. The summed E-state index contributed by atoms with van der Waals surface area (Å²) in [5.74, 6) is -4.85. The van der Waals surface area contributed by atoms with Crippen LogP contribution in [-0.4, -0.2) is 59.3 Å². The van der Waals surface area contributed by atoms with E-state index < -0.39 is 21.6 Å². The second-order valence-corrected chi connectivity index (χ2v) is 3.56. The van der Waals surface area contributed by atoms with Crippen LogP contribution in [0.1, 0.15) is 0 Å². The van der Waals surface area contributed by atoms with Gasteiger partial charge in [-0.1, -0.05) is 0 Å². The Morgan fingerprint density at radius 2 is 0.933 bits per heavy atom. The van der Waals surface area contributed by atoms with E-state index in [0.29, 0.717) is 0 Å². The minimum absolute atomic E-state index is 0. The van der Waals surface area contributed by atoms with Crippen molar-refractivity contribution < 1.29 is 37.4 Å². The van der Waals surface area contributed by atoms with Crippen molar-refractivity contribution in [2.45, 2.75) is 9.66 Å². The minimum Gasteiger partial charge on any atom is -0.543 e. The van der Waals surface area contributed by atoms with Gasteiger partial charge in [0.05, 0.1) is 0 Å². The zero-order valence-electron chi connectivity index (χ0n) is 6.61. The largest absolute Gasteiger partial charge is 2.00 e.